The number of halogens is 2. The molecule has 0 bridgehead atoms. The second kappa shape index (κ2) is 10.7. The van der Waals surface area contributed by atoms with Gasteiger partial charge >= 0.3 is 12.0 Å². The predicted octanol–water partition coefficient (Wildman–Crippen LogP) is 5.79. The van der Waals surface area contributed by atoms with Crippen LogP contribution in [0.5, 0.6) is 0 Å². The third kappa shape index (κ3) is 5.22. The molecule has 9 heteroatoms. The molecular weight excluding hydrogens is 501 g/mol. The van der Waals surface area contributed by atoms with E-state index in [1.165, 1.54) is 0 Å². The Morgan fingerprint density at radius 1 is 1.08 bits per heavy atom. The minimum Gasteiger partial charge on any atom is -0.448 e. The van der Waals surface area contributed by atoms with E-state index in [9.17, 15) is 14.4 Å². The number of urea groups is 1. The summed E-state index contributed by atoms with van der Waals surface area (Å²) in [6, 6.07) is 11.7. The van der Waals surface area contributed by atoms with Crippen LogP contribution in [0.15, 0.2) is 42.5 Å². The maximum Gasteiger partial charge on any atom is 0.339 e. The number of nitrogens with one attached hydrogen (secondary N) is 1. The Bertz CT molecular complexity index is 1400. The standard InChI is InChI=1S/C27H25Cl2N3O4/c1-14(2)24(25(33)32-27(30)35)36-26(34)21-17-9-3-4-12-20(17)31-23-16(8-5-10-18(21)23)13-15-7-6-11-19(28)22(15)29/h3-4,6-7,9,11-14,24H,5,8,10H2,1-2H3,(H3,30,32,33,35)/b16-13-/t24-/m1/s1. The molecule has 0 radical (unpaired) electrons. The van der Waals surface area contributed by atoms with Crippen molar-refractivity contribution in [3.8, 4) is 0 Å². The van der Waals surface area contributed by atoms with Crippen LogP contribution in [0, 0.1) is 5.92 Å². The van der Waals surface area contributed by atoms with Crippen LogP contribution in [0.25, 0.3) is 22.6 Å². The van der Waals surface area contributed by atoms with Crippen molar-refractivity contribution in [2.45, 2.75) is 39.2 Å². The van der Waals surface area contributed by atoms with Crippen LogP contribution in [0.3, 0.4) is 0 Å². The molecule has 0 saturated heterocycles. The fourth-order valence-corrected chi connectivity index (χ4v) is 4.75. The van der Waals surface area contributed by atoms with Gasteiger partial charge in [-0.25, -0.2) is 14.6 Å². The van der Waals surface area contributed by atoms with E-state index in [-0.39, 0.29) is 0 Å². The van der Waals surface area contributed by atoms with Crippen molar-refractivity contribution < 1.29 is 19.1 Å². The van der Waals surface area contributed by atoms with Crippen molar-refractivity contribution in [1.82, 2.24) is 10.3 Å². The SMILES string of the molecule is CC(C)[C@@H](OC(=O)c1c2c(nc3ccccc13)/C(=C\c1cccc(Cl)c1Cl)CCC2)C(=O)NC(N)=O. The highest BCUT2D eigenvalue weighted by Gasteiger charge is 2.31. The Morgan fingerprint density at radius 2 is 1.83 bits per heavy atom. The van der Waals surface area contributed by atoms with Gasteiger partial charge in [0.05, 0.1) is 26.8 Å². The van der Waals surface area contributed by atoms with Gasteiger partial charge in [0.1, 0.15) is 0 Å². The summed E-state index contributed by atoms with van der Waals surface area (Å²) in [7, 11) is 0. The van der Waals surface area contributed by atoms with Gasteiger partial charge in [0.25, 0.3) is 5.91 Å². The lowest BCUT2D eigenvalue weighted by atomic mass is 9.86. The number of nitrogens with two attached hydrogens (primary N) is 1. The number of nitrogens with zero attached hydrogens (tertiary/aromatic N) is 1. The molecule has 186 valence electrons. The second-order valence-electron chi connectivity index (χ2n) is 8.92. The van der Waals surface area contributed by atoms with E-state index in [4.69, 9.17) is 38.7 Å². The van der Waals surface area contributed by atoms with Crippen molar-refractivity contribution in [2.75, 3.05) is 0 Å². The fourth-order valence-electron chi connectivity index (χ4n) is 4.39. The zero-order chi connectivity index (χ0) is 26.0. The number of carbonyl (C=O) groups is 3. The number of rotatable bonds is 5. The van der Waals surface area contributed by atoms with Gasteiger partial charge in [-0.2, -0.15) is 0 Å². The van der Waals surface area contributed by atoms with Gasteiger partial charge in [-0.3, -0.25) is 10.1 Å². The monoisotopic (exact) mass is 525 g/mol. The number of hydrogen-bond acceptors (Lipinski definition) is 5. The van der Waals surface area contributed by atoms with Crippen LogP contribution in [0.1, 0.15) is 53.9 Å². The number of ether oxygens (including phenoxy) is 1. The first-order valence-corrected chi connectivity index (χ1v) is 12.3. The summed E-state index contributed by atoms with van der Waals surface area (Å²) < 4.78 is 5.68. The lowest BCUT2D eigenvalue weighted by Gasteiger charge is -2.25. The van der Waals surface area contributed by atoms with Crippen LogP contribution >= 0.6 is 23.2 Å². The molecule has 3 aromatic rings. The van der Waals surface area contributed by atoms with E-state index in [1.54, 1.807) is 26.0 Å². The van der Waals surface area contributed by atoms with Crippen molar-refractivity contribution in [2.24, 2.45) is 11.7 Å². The molecule has 4 rings (SSSR count). The number of hydrogen-bond donors (Lipinski definition) is 2. The fraction of sp³-hybridized carbons (Fsp3) is 0.259. The highest BCUT2D eigenvalue weighted by molar-refractivity contribution is 6.43. The van der Waals surface area contributed by atoms with Crippen molar-refractivity contribution in [3.63, 3.8) is 0 Å². The van der Waals surface area contributed by atoms with Crippen LogP contribution in [0.4, 0.5) is 4.79 Å². The Kier molecular flexibility index (Phi) is 7.62. The maximum atomic E-state index is 13.6. The lowest BCUT2D eigenvalue weighted by Crippen LogP contribution is -2.45. The zero-order valence-electron chi connectivity index (χ0n) is 19.8. The van der Waals surface area contributed by atoms with Gasteiger partial charge < -0.3 is 10.5 Å². The minimum absolute atomic E-state index is 0.357. The van der Waals surface area contributed by atoms with Crippen molar-refractivity contribution in [3.05, 3.63) is 74.9 Å². The van der Waals surface area contributed by atoms with E-state index < -0.39 is 29.9 Å². The largest absolute Gasteiger partial charge is 0.448 e. The molecule has 0 aliphatic heterocycles. The van der Waals surface area contributed by atoms with Gasteiger partial charge in [0.2, 0.25) is 0 Å². The maximum absolute atomic E-state index is 13.6. The topological polar surface area (TPSA) is 111 Å². The molecule has 3 amide bonds. The molecular formula is C27H25Cl2N3O4. The van der Waals surface area contributed by atoms with Crippen LogP contribution < -0.4 is 11.1 Å². The summed E-state index contributed by atoms with van der Waals surface area (Å²) in [5.41, 5.74) is 9.18. The number of pyridine rings is 1. The van der Waals surface area contributed by atoms with Crippen molar-refractivity contribution in [1.29, 1.82) is 0 Å². The summed E-state index contributed by atoms with van der Waals surface area (Å²) >= 11 is 12.6. The average Bonchev–Trinajstić information content (AvgIpc) is 2.83. The molecule has 0 unspecified atom stereocenters. The molecule has 0 fully saturated rings. The number of imide groups is 1. The summed E-state index contributed by atoms with van der Waals surface area (Å²) in [6.45, 7) is 3.43. The molecule has 1 heterocycles. The molecule has 1 aliphatic carbocycles. The Hall–Kier alpha value is -3.42. The van der Waals surface area contributed by atoms with Gasteiger partial charge in [-0.1, -0.05) is 67.4 Å². The van der Waals surface area contributed by atoms with Gasteiger partial charge in [0.15, 0.2) is 6.10 Å². The first-order chi connectivity index (χ1) is 17.2. The van der Waals surface area contributed by atoms with Crippen LogP contribution in [-0.2, 0) is 16.0 Å². The molecule has 1 atom stereocenters. The van der Waals surface area contributed by atoms with E-state index in [0.29, 0.717) is 38.6 Å². The molecule has 0 spiro atoms. The quantitative estimate of drug-likeness (QED) is 0.409. The predicted molar refractivity (Wildman–Crippen MR) is 141 cm³/mol. The summed E-state index contributed by atoms with van der Waals surface area (Å²) in [5.74, 6) is -1.82. The third-order valence-corrected chi connectivity index (χ3v) is 6.86. The number of aromatic nitrogens is 1. The Balaban J connectivity index is 1.84. The smallest absolute Gasteiger partial charge is 0.339 e. The zero-order valence-corrected chi connectivity index (χ0v) is 21.3. The highest BCUT2D eigenvalue weighted by Crippen LogP contribution is 2.38. The number of esters is 1. The summed E-state index contributed by atoms with van der Waals surface area (Å²) in [4.78, 5) is 42.2. The van der Waals surface area contributed by atoms with Crippen LogP contribution in [-0.4, -0.2) is 29.0 Å². The first-order valence-electron chi connectivity index (χ1n) is 11.5. The lowest BCUT2D eigenvalue weighted by molar-refractivity contribution is -0.130. The summed E-state index contributed by atoms with van der Waals surface area (Å²) in [6.07, 6.45) is 2.88. The number of carbonyl (C=O) groups excluding carboxylic acids is 3. The van der Waals surface area contributed by atoms with E-state index in [0.717, 1.165) is 29.5 Å². The average molecular weight is 526 g/mol. The molecule has 3 N–H and O–H groups in total. The number of fused-ring (bicyclic) bond motifs is 2. The molecule has 1 aliphatic rings. The molecule has 0 saturated carbocycles. The van der Waals surface area contributed by atoms with Crippen molar-refractivity contribution >= 4 is 63.7 Å². The number of para-hydroxylation sites is 1. The second-order valence-corrected chi connectivity index (χ2v) is 9.71. The number of amides is 3. The summed E-state index contributed by atoms with van der Waals surface area (Å²) in [5, 5.41) is 3.52. The third-order valence-electron chi connectivity index (χ3n) is 6.03. The molecule has 1 aromatic heterocycles. The van der Waals surface area contributed by atoms with Gasteiger partial charge in [-0.15, -0.1) is 0 Å². The minimum atomic E-state index is -1.20. The Morgan fingerprint density at radius 3 is 2.56 bits per heavy atom. The van der Waals surface area contributed by atoms with Gasteiger partial charge in [-0.05, 0) is 60.1 Å². The molecule has 7 nitrogen and oxygen atoms in total. The first kappa shape index (κ1) is 25.7. The normalized spacial score (nSPS) is 15.0. The van der Waals surface area contributed by atoms with Crippen LogP contribution in [0.2, 0.25) is 10.0 Å². The molecule has 36 heavy (non-hydrogen) atoms. The van der Waals surface area contributed by atoms with E-state index >= 15 is 0 Å². The highest BCUT2D eigenvalue weighted by atomic mass is 35.5. The van der Waals surface area contributed by atoms with E-state index in [2.05, 4.69) is 0 Å². The number of benzene rings is 2. The number of primary amides is 1. The van der Waals surface area contributed by atoms with Gasteiger partial charge in [0, 0.05) is 5.39 Å². The number of allylic oxidation sites excluding steroid dienone is 1. The van der Waals surface area contributed by atoms with E-state index in [1.807, 2.05) is 41.7 Å². The molecule has 2 aromatic carbocycles. The Labute approximate surface area is 218 Å².